The largest absolute Gasteiger partial charge is 0.456 e. The van der Waals surface area contributed by atoms with E-state index >= 15 is 0 Å². The second-order valence-electron chi connectivity index (χ2n) is 5.79. The molecule has 1 aromatic carbocycles. The predicted octanol–water partition coefficient (Wildman–Crippen LogP) is 1.42. The quantitative estimate of drug-likeness (QED) is 0.836. The van der Waals surface area contributed by atoms with Crippen molar-refractivity contribution in [1.82, 2.24) is 0 Å². The molecule has 6 nitrogen and oxygen atoms in total. The summed E-state index contributed by atoms with van der Waals surface area (Å²) in [6.07, 6.45) is 2.80. The Labute approximate surface area is 122 Å². The van der Waals surface area contributed by atoms with Gasteiger partial charge in [-0.15, -0.1) is 0 Å². The Balaban J connectivity index is 1.51. The molecule has 0 saturated carbocycles. The summed E-state index contributed by atoms with van der Waals surface area (Å²) in [5, 5.41) is 0. The zero-order valence-electron chi connectivity index (χ0n) is 11.2. The minimum Gasteiger partial charge on any atom is -0.456 e. The van der Waals surface area contributed by atoms with Gasteiger partial charge in [-0.3, -0.25) is 4.72 Å². The van der Waals surface area contributed by atoms with Crippen LogP contribution in [-0.2, 0) is 25.2 Å². The maximum atomic E-state index is 12.2. The van der Waals surface area contributed by atoms with E-state index in [4.69, 9.17) is 9.47 Å². The molecule has 0 unspecified atom stereocenters. The molecule has 112 valence electrons. The second kappa shape index (κ2) is 4.45. The summed E-state index contributed by atoms with van der Waals surface area (Å²) >= 11 is 0. The lowest BCUT2D eigenvalue weighted by Gasteiger charge is -2.19. The molecule has 1 aromatic rings. The fourth-order valence-corrected chi connectivity index (χ4v) is 4.51. The van der Waals surface area contributed by atoms with Gasteiger partial charge in [-0.2, -0.15) is 0 Å². The van der Waals surface area contributed by atoms with Crippen molar-refractivity contribution in [3.8, 4) is 0 Å². The van der Waals surface area contributed by atoms with Crippen LogP contribution in [0.15, 0.2) is 18.2 Å². The van der Waals surface area contributed by atoms with Gasteiger partial charge in [0.15, 0.2) is 0 Å². The van der Waals surface area contributed by atoms with E-state index in [9.17, 15) is 13.2 Å². The average molecular weight is 309 g/mol. The van der Waals surface area contributed by atoms with Gasteiger partial charge >= 0.3 is 5.97 Å². The Morgan fingerprint density at radius 1 is 1.33 bits per heavy atom. The highest BCUT2D eigenvalue weighted by atomic mass is 32.2. The number of ether oxygens (including phenoxy) is 2. The monoisotopic (exact) mass is 309 g/mol. The fraction of sp³-hybridized carbons (Fsp3) is 0.500. The van der Waals surface area contributed by atoms with E-state index in [-0.39, 0.29) is 24.1 Å². The van der Waals surface area contributed by atoms with Gasteiger partial charge in [-0.25, -0.2) is 13.2 Å². The lowest BCUT2D eigenvalue weighted by Crippen LogP contribution is -2.28. The molecule has 3 aliphatic rings. The van der Waals surface area contributed by atoms with Crippen molar-refractivity contribution in [1.29, 1.82) is 0 Å². The molecule has 1 N–H and O–H groups in total. The molecular formula is C14H15NO5S. The molecule has 3 aliphatic heterocycles. The summed E-state index contributed by atoms with van der Waals surface area (Å²) in [4.78, 5) is 12.2. The van der Waals surface area contributed by atoms with E-state index < -0.39 is 16.0 Å². The van der Waals surface area contributed by atoms with Crippen LogP contribution in [0.1, 0.15) is 35.2 Å². The van der Waals surface area contributed by atoms with Crippen LogP contribution in [-0.4, -0.2) is 32.7 Å². The number of fused-ring (bicyclic) bond motifs is 3. The third-order valence-corrected chi connectivity index (χ3v) is 5.49. The first-order valence-corrected chi connectivity index (χ1v) is 8.65. The maximum absolute atomic E-state index is 12.2. The van der Waals surface area contributed by atoms with E-state index in [2.05, 4.69) is 4.72 Å². The number of benzene rings is 1. The Bertz CT molecular complexity index is 714. The Morgan fingerprint density at radius 2 is 2.19 bits per heavy atom. The van der Waals surface area contributed by atoms with Crippen molar-refractivity contribution in [2.24, 2.45) is 0 Å². The van der Waals surface area contributed by atoms with E-state index in [0.29, 0.717) is 16.8 Å². The van der Waals surface area contributed by atoms with Crippen molar-refractivity contribution < 1.29 is 22.7 Å². The number of rotatable bonds is 2. The average Bonchev–Trinajstić information content (AvgIpc) is 3.08. The highest BCUT2D eigenvalue weighted by Crippen LogP contribution is 2.36. The summed E-state index contributed by atoms with van der Waals surface area (Å²) in [6.45, 7) is 0. The third kappa shape index (κ3) is 2.30. The summed E-state index contributed by atoms with van der Waals surface area (Å²) in [5.41, 5.74) is 1.50. The number of hydrogen-bond donors (Lipinski definition) is 1. The Morgan fingerprint density at radius 3 is 2.90 bits per heavy atom. The molecule has 0 amide bonds. The van der Waals surface area contributed by atoms with Gasteiger partial charge in [0.05, 0.1) is 29.2 Å². The lowest BCUT2D eigenvalue weighted by molar-refractivity contribution is 0.00596. The van der Waals surface area contributed by atoms with E-state index in [0.717, 1.165) is 19.3 Å². The second-order valence-corrected chi connectivity index (χ2v) is 7.51. The standard InChI is InChI=1S/C14H15NO5S/c16-14(20-13-6-10-3-4-12(13)19-10)8-1-2-9-7-21(17,18)15-11(9)5-8/h1-2,5,10,12-13,15H,3-4,6-7H2/t10-,12+,13-/m1/s1. The van der Waals surface area contributed by atoms with Gasteiger partial charge in [0.1, 0.15) is 6.10 Å². The van der Waals surface area contributed by atoms with Crippen LogP contribution in [0.3, 0.4) is 0 Å². The predicted molar refractivity (Wildman–Crippen MR) is 74.4 cm³/mol. The fourth-order valence-electron chi connectivity index (χ4n) is 3.25. The van der Waals surface area contributed by atoms with Gasteiger partial charge in [-0.1, -0.05) is 6.07 Å². The Hall–Kier alpha value is -1.60. The number of sulfonamides is 1. The van der Waals surface area contributed by atoms with Crippen molar-refractivity contribution in [2.45, 2.75) is 43.3 Å². The van der Waals surface area contributed by atoms with Crippen LogP contribution in [0, 0.1) is 0 Å². The molecule has 0 spiro atoms. The zero-order chi connectivity index (χ0) is 14.6. The van der Waals surface area contributed by atoms with E-state index in [1.54, 1.807) is 12.1 Å². The van der Waals surface area contributed by atoms with Crippen LogP contribution < -0.4 is 4.72 Å². The highest BCUT2D eigenvalue weighted by molar-refractivity contribution is 7.92. The van der Waals surface area contributed by atoms with Gasteiger partial charge in [0, 0.05) is 6.42 Å². The van der Waals surface area contributed by atoms with Crippen molar-refractivity contribution in [2.75, 3.05) is 4.72 Å². The SMILES string of the molecule is O=C(O[C@@H]1C[C@H]2CC[C@@H]1O2)c1ccc2c(c1)NS(=O)(=O)C2. The summed E-state index contributed by atoms with van der Waals surface area (Å²) in [7, 11) is -3.30. The number of hydrogen-bond acceptors (Lipinski definition) is 5. The van der Waals surface area contributed by atoms with Gasteiger partial charge in [0.2, 0.25) is 10.0 Å². The van der Waals surface area contributed by atoms with Crippen LogP contribution in [0.5, 0.6) is 0 Å². The van der Waals surface area contributed by atoms with E-state index in [1.807, 2.05) is 0 Å². The molecule has 3 atom stereocenters. The molecular weight excluding hydrogens is 294 g/mol. The van der Waals surface area contributed by atoms with Crippen LogP contribution >= 0.6 is 0 Å². The minimum absolute atomic E-state index is 0.0203. The van der Waals surface area contributed by atoms with Crippen molar-refractivity contribution in [3.63, 3.8) is 0 Å². The molecule has 0 radical (unpaired) electrons. The summed E-state index contributed by atoms with van der Waals surface area (Å²) in [6, 6.07) is 4.80. The number of esters is 1. The number of carbonyl (C=O) groups excluding carboxylic acids is 1. The first-order valence-electron chi connectivity index (χ1n) is 7.00. The van der Waals surface area contributed by atoms with Crippen LogP contribution in [0.2, 0.25) is 0 Å². The normalized spacial score (nSPS) is 31.7. The maximum Gasteiger partial charge on any atom is 0.338 e. The van der Waals surface area contributed by atoms with Crippen LogP contribution in [0.4, 0.5) is 5.69 Å². The van der Waals surface area contributed by atoms with Gasteiger partial charge in [-0.05, 0) is 30.5 Å². The molecule has 0 aromatic heterocycles. The Kier molecular flexibility index (Phi) is 2.77. The number of nitrogens with one attached hydrogen (secondary N) is 1. The summed E-state index contributed by atoms with van der Waals surface area (Å²) < 4.78 is 36.6. The molecule has 2 bridgehead atoms. The summed E-state index contributed by atoms with van der Waals surface area (Å²) in [5.74, 6) is -0.470. The van der Waals surface area contributed by atoms with Gasteiger partial charge < -0.3 is 9.47 Å². The molecule has 21 heavy (non-hydrogen) atoms. The molecule has 0 aliphatic carbocycles. The lowest BCUT2D eigenvalue weighted by atomic mass is 9.98. The first-order chi connectivity index (χ1) is 10.00. The molecule has 3 heterocycles. The first kappa shape index (κ1) is 13.1. The van der Waals surface area contributed by atoms with E-state index in [1.165, 1.54) is 6.07 Å². The van der Waals surface area contributed by atoms with Crippen LogP contribution in [0.25, 0.3) is 0 Å². The zero-order valence-corrected chi connectivity index (χ0v) is 12.1. The van der Waals surface area contributed by atoms with Crippen molar-refractivity contribution in [3.05, 3.63) is 29.3 Å². The number of anilines is 1. The molecule has 7 heteroatoms. The number of carbonyl (C=O) groups is 1. The molecule has 2 saturated heterocycles. The topological polar surface area (TPSA) is 81.7 Å². The minimum atomic E-state index is -3.30. The molecule has 4 rings (SSSR count). The highest BCUT2D eigenvalue weighted by Gasteiger charge is 2.43. The third-order valence-electron chi connectivity index (χ3n) is 4.27. The van der Waals surface area contributed by atoms with Gasteiger partial charge in [0.25, 0.3) is 0 Å². The van der Waals surface area contributed by atoms with Crippen molar-refractivity contribution >= 4 is 21.7 Å². The smallest absolute Gasteiger partial charge is 0.338 e. The molecule has 2 fully saturated rings.